The Labute approximate surface area is 122 Å². The van der Waals surface area contributed by atoms with Gasteiger partial charge in [-0.05, 0) is 25.0 Å². The number of hydrogen-bond donors (Lipinski definition) is 1. The van der Waals surface area contributed by atoms with Gasteiger partial charge in [-0.2, -0.15) is 9.57 Å². The summed E-state index contributed by atoms with van der Waals surface area (Å²) in [6, 6.07) is 4.50. The Hall–Kier alpha value is -1.98. The van der Waals surface area contributed by atoms with Crippen LogP contribution in [-0.4, -0.2) is 41.9 Å². The molecule has 1 atom stereocenters. The van der Waals surface area contributed by atoms with Gasteiger partial charge in [0.2, 0.25) is 10.0 Å². The van der Waals surface area contributed by atoms with Crippen molar-refractivity contribution in [3.63, 3.8) is 0 Å². The molecule has 2 rings (SSSR count). The minimum Gasteiger partial charge on any atom is -0.481 e. The largest absolute Gasteiger partial charge is 0.481 e. The molecule has 21 heavy (non-hydrogen) atoms. The number of nitriles is 1. The summed E-state index contributed by atoms with van der Waals surface area (Å²) < 4.78 is 26.3. The highest BCUT2D eigenvalue weighted by molar-refractivity contribution is 7.89. The second kappa shape index (κ2) is 5.42. The van der Waals surface area contributed by atoms with Crippen LogP contribution in [0.3, 0.4) is 0 Å². The van der Waals surface area contributed by atoms with Crippen molar-refractivity contribution in [2.24, 2.45) is 5.41 Å². The van der Waals surface area contributed by atoms with E-state index in [-0.39, 0.29) is 30.1 Å². The monoisotopic (exact) mass is 309 g/mol. The first-order valence-electron chi connectivity index (χ1n) is 6.46. The molecule has 0 radical (unpaired) electrons. The van der Waals surface area contributed by atoms with Crippen LogP contribution in [0.4, 0.5) is 0 Å². The van der Waals surface area contributed by atoms with Gasteiger partial charge in [0.05, 0.1) is 5.41 Å². The van der Waals surface area contributed by atoms with Crippen LogP contribution in [0.25, 0.3) is 0 Å². The molecule has 1 saturated heterocycles. The molecule has 1 aromatic heterocycles. The molecule has 2 heterocycles. The van der Waals surface area contributed by atoms with Crippen molar-refractivity contribution >= 4 is 16.0 Å². The van der Waals surface area contributed by atoms with Crippen LogP contribution in [-0.2, 0) is 14.8 Å². The molecule has 112 valence electrons. The molecule has 0 spiro atoms. The minimum absolute atomic E-state index is 0.0824. The molecule has 1 fully saturated rings. The fourth-order valence-corrected chi connectivity index (χ4v) is 4.10. The third kappa shape index (κ3) is 2.50. The van der Waals surface area contributed by atoms with Gasteiger partial charge in [-0.3, -0.25) is 4.79 Å². The third-order valence-corrected chi connectivity index (χ3v) is 5.82. The molecule has 1 unspecified atom stereocenters. The Morgan fingerprint density at radius 2 is 2.33 bits per heavy atom. The van der Waals surface area contributed by atoms with E-state index in [0.29, 0.717) is 6.42 Å². The number of aliphatic carboxylic acids is 1. The number of rotatable bonds is 4. The number of carbonyl (C=O) groups is 1. The average Bonchev–Trinajstić information content (AvgIpc) is 2.94. The molecule has 1 aliphatic rings. The molecule has 1 N–H and O–H groups in total. The van der Waals surface area contributed by atoms with E-state index in [9.17, 15) is 18.3 Å². The maximum absolute atomic E-state index is 12.6. The number of pyridine rings is 1. The van der Waals surface area contributed by atoms with Gasteiger partial charge in [0.1, 0.15) is 11.0 Å². The molecule has 0 saturated carbocycles. The number of sulfonamides is 1. The van der Waals surface area contributed by atoms with Crippen molar-refractivity contribution in [3.05, 3.63) is 24.0 Å². The second-order valence-electron chi connectivity index (χ2n) is 4.99. The minimum atomic E-state index is -3.91. The Morgan fingerprint density at radius 1 is 1.62 bits per heavy atom. The molecule has 0 amide bonds. The van der Waals surface area contributed by atoms with E-state index in [1.807, 2.05) is 0 Å². The zero-order valence-electron chi connectivity index (χ0n) is 11.5. The van der Waals surface area contributed by atoms with Crippen molar-refractivity contribution in [1.82, 2.24) is 9.29 Å². The molecule has 0 aliphatic carbocycles. The first-order valence-corrected chi connectivity index (χ1v) is 7.90. The summed E-state index contributed by atoms with van der Waals surface area (Å²) in [4.78, 5) is 15.0. The van der Waals surface area contributed by atoms with E-state index in [4.69, 9.17) is 5.26 Å². The molecular formula is C13H15N3O4S. The fourth-order valence-electron chi connectivity index (χ4n) is 2.48. The summed E-state index contributed by atoms with van der Waals surface area (Å²) in [6.45, 7) is 1.78. The standard InChI is InChI=1S/C13H15N3O4S/c1-2-13(12(17)18)5-7-16(9-13)21(19,20)11-4-3-6-15-10(11)8-14/h3-4,6H,2,5,7,9H2,1H3,(H,17,18). The zero-order valence-corrected chi connectivity index (χ0v) is 12.3. The highest BCUT2D eigenvalue weighted by Crippen LogP contribution is 2.37. The number of hydrogen-bond acceptors (Lipinski definition) is 5. The summed E-state index contributed by atoms with van der Waals surface area (Å²) >= 11 is 0. The zero-order chi connectivity index (χ0) is 15.7. The van der Waals surface area contributed by atoms with Crippen LogP contribution in [0.2, 0.25) is 0 Å². The number of nitrogens with zero attached hydrogens (tertiary/aromatic N) is 3. The van der Waals surface area contributed by atoms with E-state index < -0.39 is 21.4 Å². The Balaban J connectivity index is 2.39. The van der Waals surface area contributed by atoms with E-state index in [0.717, 1.165) is 4.31 Å². The van der Waals surface area contributed by atoms with Gasteiger partial charge in [0, 0.05) is 19.3 Å². The maximum Gasteiger partial charge on any atom is 0.311 e. The predicted octanol–water partition coefficient (Wildman–Crippen LogP) is 0.829. The SMILES string of the molecule is CCC1(C(=O)O)CCN(S(=O)(=O)c2cccnc2C#N)C1. The van der Waals surface area contributed by atoms with Crippen LogP contribution < -0.4 is 0 Å². The van der Waals surface area contributed by atoms with Crippen LogP contribution in [0.5, 0.6) is 0 Å². The third-order valence-electron chi connectivity index (χ3n) is 3.94. The lowest BCUT2D eigenvalue weighted by molar-refractivity contribution is -0.148. The average molecular weight is 309 g/mol. The van der Waals surface area contributed by atoms with Crippen LogP contribution >= 0.6 is 0 Å². The molecule has 1 aliphatic heterocycles. The normalized spacial score (nSPS) is 22.9. The lowest BCUT2D eigenvalue weighted by Crippen LogP contribution is -2.36. The fraction of sp³-hybridized carbons (Fsp3) is 0.462. The maximum atomic E-state index is 12.6. The molecule has 1 aromatic rings. The second-order valence-corrected chi connectivity index (χ2v) is 6.90. The van der Waals surface area contributed by atoms with E-state index in [1.54, 1.807) is 13.0 Å². The molecule has 0 bridgehead atoms. The molecular weight excluding hydrogens is 294 g/mol. The van der Waals surface area contributed by atoms with Gasteiger partial charge in [0.25, 0.3) is 0 Å². The smallest absolute Gasteiger partial charge is 0.311 e. The lowest BCUT2D eigenvalue weighted by Gasteiger charge is -2.23. The van der Waals surface area contributed by atoms with E-state index in [1.165, 1.54) is 18.3 Å². The first-order chi connectivity index (χ1) is 9.87. The lowest BCUT2D eigenvalue weighted by atomic mass is 9.85. The van der Waals surface area contributed by atoms with E-state index >= 15 is 0 Å². The van der Waals surface area contributed by atoms with Crippen molar-refractivity contribution in [2.45, 2.75) is 24.7 Å². The van der Waals surface area contributed by atoms with E-state index in [2.05, 4.69) is 4.98 Å². The van der Waals surface area contributed by atoms with Crippen molar-refractivity contribution < 1.29 is 18.3 Å². The predicted molar refractivity (Wildman–Crippen MR) is 72.7 cm³/mol. The van der Waals surface area contributed by atoms with Crippen molar-refractivity contribution in [1.29, 1.82) is 5.26 Å². The van der Waals surface area contributed by atoms with Gasteiger partial charge in [-0.1, -0.05) is 6.92 Å². The van der Waals surface area contributed by atoms with Gasteiger partial charge >= 0.3 is 5.97 Å². The van der Waals surface area contributed by atoms with Gasteiger partial charge < -0.3 is 5.11 Å². The topological polar surface area (TPSA) is 111 Å². The Morgan fingerprint density at radius 3 is 2.86 bits per heavy atom. The summed E-state index contributed by atoms with van der Waals surface area (Å²) in [5.41, 5.74) is -1.23. The summed E-state index contributed by atoms with van der Waals surface area (Å²) in [7, 11) is -3.91. The Kier molecular flexibility index (Phi) is 3.98. The highest BCUT2D eigenvalue weighted by Gasteiger charge is 2.47. The Bertz CT molecular complexity index is 710. The molecule has 7 nitrogen and oxygen atoms in total. The first kappa shape index (κ1) is 15.4. The highest BCUT2D eigenvalue weighted by atomic mass is 32.2. The van der Waals surface area contributed by atoms with Crippen LogP contribution in [0.1, 0.15) is 25.5 Å². The molecule has 0 aromatic carbocycles. The van der Waals surface area contributed by atoms with Crippen molar-refractivity contribution in [2.75, 3.05) is 13.1 Å². The summed E-state index contributed by atoms with van der Waals surface area (Å²) in [6.07, 6.45) is 1.96. The van der Waals surface area contributed by atoms with Gasteiger partial charge in [0.15, 0.2) is 5.69 Å². The summed E-state index contributed by atoms with van der Waals surface area (Å²) in [5, 5.41) is 18.3. The number of carboxylic acid groups (broad SMARTS) is 1. The van der Waals surface area contributed by atoms with Crippen LogP contribution in [0.15, 0.2) is 23.2 Å². The number of carboxylic acids is 1. The number of aromatic nitrogens is 1. The molecule has 8 heteroatoms. The van der Waals surface area contributed by atoms with Crippen LogP contribution in [0, 0.1) is 16.7 Å². The quantitative estimate of drug-likeness (QED) is 0.881. The summed E-state index contributed by atoms with van der Waals surface area (Å²) in [5.74, 6) is -0.991. The van der Waals surface area contributed by atoms with Crippen molar-refractivity contribution in [3.8, 4) is 6.07 Å². The van der Waals surface area contributed by atoms with Gasteiger partial charge in [-0.15, -0.1) is 0 Å². The van der Waals surface area contributed by atoms with Gasteiger partial charge in [-0.25, -0.2) is 13.4 Å².